The lowest BCUT2D eigenvalue weighted by atomic mass is 10.1. The first-order valence-corrected chi connectivity index (χ1v) is 13.7. The van der Waals surface area contributed by atoms with E-state index in [0.717, 1.165) is 41.7 Å². The summed E-state index contributed by atoms with van der Waals surface area (Å²) in [5.74, 6) is 1.26. The van der Waals surface area contributed by atoms with Gasteiger partial charge in [0, 0.05) is 29.6 Å². The molecule has 0 unspecified atom stereocenters. The molecule has 2 aromatic heterocycles. The monoisotopic (exact) mass is 583 g/mol. The van der Waals surface area contributed by atoms with E-state index in [1.165, 1.54) is 23.9 Å². The van der Waals surface area contributed by atoms with Gasteiger partial charge in [0.15, 0.2) is 5.76 Å². The molecule has 0 radical (unpaired) electrons. The largest absolute Gasteiger partial charge is 0.516 e. The van der Waals surface area contributed by atoms with Gasteiger partial charge in [-0.15, -0.1) is 0 Å². The van der Waals surface area contributed by atoms with Gasteiger partial charge in [0.25, 0.3) is 0 Å². The number of aromatic nitrogens is 2. The number of aryl methyl sites for hydroxylation is 2. The zero-order valence-electron chi connectivity index (χ0n) is 19.9. The second kappa shape index (κ2) is 9.93. The van der Waals surface area contributed by atoms with E-state index in [0.29, 0.717) is 16.6 Å². The summed E-state index contributed by atoms with van der Waals surface area (Å²) in [6.45, 7) is 6.84. The maximum atomic E-state index is 13.0. The summed E-state index contributed by atoms with van der Waals surface area (Å²) in [7, 11) is -5.59. The van der Waals surface area contributed by atoms with Crippen LogP contribution in [0.15, 0.2) is 51.4 Å². The zero-order chi connectivity index (χ0) is 26.3. The number of nitrogens with zero attached hydrogens (tertiary/aromatic N) is 2. The molecule has 4 rings (SSSR count). The van der Waals surface area contributed by atoms with Crippen LogP contribution in [-0.4, -0.2) is 23.5 Å². The van der Waals surface area contributed by atoms with Crippen molar-refractivity contribution in [3.63, 3.8) is 0 Å². The molecule has 0 aliphatic heterocycles. The van der Waals surface area contributed by atoms with Gasteiger partial charge in [0.1, 0.15) is 11.4 Å². The highest BCUT2D eigenvalue weighted by molar-refractivity contribution is 9.10. The number of hydrogen-bond acceptors (Lipinski definition) is 4. The smallest absolute Gasteiger partial charge is 0.455 e. The molecule has 0 spiro atoms. The minimum atomic E-state index is -5.59. The summed E-state index contributed by atoms with van der Waals surface area (Å²) in [4.78, 5) is 4.75. The molecule has 0 saturated heterocycles. The summed E-state index contributed by atoms with van der Waals surface area (Å²) in [6.07, 6.45) is 2.70. The van der Waals surface area contributed by atoms with Gasteiger partial charge in [-0.2, -0.15) is 21.6 Å². The van der Waals surface area contributed by atoms with E-state index < -0.39 is 15.5 Å². The van der Waals surface area contributed by atoms with Crippen molar-refractivity contribution >= 4 is 42.6 Å². The second-order valence-corrected chi connectivity index (χ2v) is 10.9. The number of rotatable bonds is 8. The molecule has 4 aromatic rings. The minimum absolute atomic E-state index is 0.179. The van der Waals surface area contributed by atoms with Gasteiger partial charge in [-0.3, -0.25) is 4.72 Å². The lowest BCUT2D eigenvalue weighted by Crippen LogP contribution is -2.30. The molecule has 11 heteroatoms. The van der Waals surface area contributed by atoms with Crippen molar-refractivity contribution in [2.45, 2.75) is 52.1 Å². The molecule has 1 N–H and O–H groups in total. The number of furan rings is 1. The van der Waals surface area contributed by atoms with Crippen LogP contribution in [0, 0.1) is 6.92 Å². The van der Waals surface area contributed by atoms with Crippen LogP contribution in [0.25, 0.3) is 22.3 Å². The number of imidazole rings is 1. The van der Waals surface area contributed by atoms with Crippen LogP contribution < -0.4 is 4.72 Å². The third-order valence-corrected chi connectivity index (χ3v) is 7.80. The van der Waals surface area contributed by atoms with Crippen molar-refractivity contribution in [2.75, 3.05) is 4.72 Å². The topological polar surface area (TPSA) is 77.1 Å². The molecule has 2 heterocycles. The van der Waals surface area contributed by atoms with Crippen LogP contribution >= 0.6 is 15.9 Å². The maximum absolute atomic E-state index is 13.0. The molecule has 0 amide bonds. The molecule has 0 aliphatic carbocycles. The number of benzene rings is 2. The fraction of sp³-hybridized carbons (Fsp3) is 0.320. The van der Waals surface area contributed by atoms with E-state index >= 15 is 0 Å². The average Bonchev–Trinajstić information content (AvgIpc) is 3.29. The average molecular weight is 584 g/mol. The third-order valence-electron chi connectivity index (χ3n) is 5.91. The second-order valence-electron chi connectivity index (χ2n) is 8.42. The van der Waals surface area contributed by atoms with Crippen LogP contribution in [0.5, 0.6) is 0 Å². The quantitative estimate of drug-likeness (QED) is 0.238. The van der Waals surface area contributed by atoms with Gasteiger partial charge in [-0.1, -0.05) is 32.0 Å². The number of anilines is 1. The Morgan fingerprint density at radius 3 is 2.53 bits per heavy atom. The van der Waals surface area contributed by atoms with Crippen LogP contribution in [0.4, 0.5) is 18.9 Å². The van der Waals surface area contributed by atoms with E-state index in [4.69, 9.17) is 9.40 Å². The van der Waals surface area contributed by atoms with Gasteiger partial charge >= 0.3 is 15.5 Å². The molecule has 6 nitrogen and oxygen atoms in total. The molecule has 0 bridgehead atoms. The van der Waals surface area contributed by atoms with E-state index in [2.05, 4.69) is 34.3 Å². The highest BCUT2D eigenvalue weighted by atomic mass is 79.9. The lowest BCUT2D eigenvalue weighted by molar-refractivity contribution is -0.0429. The number of alkyl halides is 3. The molecular formula is C25H25BrF3N3O3S. The number of fused-ring (bicyclic) bond motifs is 1. The normalized spacial score (nSPS) is 12.4. The minimum Gasteiger partial charge on any atom is -0.455 e. The number of hydrogen-bond donors (Lipinski definition) is 1. The SMILES string of the molecule is CCCc1nc(C)c(CC)n1Cc1ccc2oc(-c3ccccc3NS(=O)(=O)C(F)(F)F)c(Br)c2c1. The maximum Gasteiger partial charge on any atom is 0.516 e. The predicted octanol–water partition coefficient (Wildman–Crippen LogP) is 7.19. The third kappa shape index (κ3) is 4.90. The van der Waals surface area contributed by atoms with Crippen LogP contribution in [0.2, 0.25) is 0 Å². The molecular weight excluding hydrogens is 559 g/mol. The lowest BCUT2D eigenvalue weighted by Gasteiger charge is -2.13. The Bertz CT molecular complexity index is 1520. The Kier molecular flexibility index (Phi) is 7.25. The number of para-hydroxylation sites is 1. The van der Waals surface area contributed by atoms with Crippen molar-refractivity contribution in [3.8, 4) is 11.3 Å². The number of nitrogens with one attached hydrogen (secondary N) is 1. The van der Waals surface area contributed by atoms with Crippen molar-refractivity contribution in [2.24, 2.45) is 0 Å². The van der Waals surface area contributed by atoms with Gasteiger partial charge in [0.05, 0.1) is 15.9 Å². The summed E-state index contributed by atoms with van der Waals surface area (Å²) < 4.78 is 72.7. The van der Waals surface area contributed by atoms with Gasteiger partial charge in [-0.05, 0) is 65.5 Å². The van der Waals surface area contributed by atoms with Gasteiger partial charge in [-0.25, -0.2) is 4.98 Å². The fourth-order valence-corrected chi connectivity index (χ4v) is 5.45. The van der Waals surface area contributed by atoms with E-state index in [9.17, 15) is 21.6 Å². The molecule has 0 atom stereocenters. The van der Waals surface area contributed by atoms with Crippen LogP contribution in [0.1, 0.15) is 43.0 Å². The van der Waals surface area contributed by atoms with Crippen molar-refractivity contribution in [1.29, 1.82) is 0 Å². The molecule has 0 saturated carbocycles. The first kappa shape index (κ1) is 26.3. The van der Waals surface area contributed by atoms with Crippen molar-refractivity contribution in [3.05, 3.63) is 69.7 Å². The molecule has 0 fully saturated rings. The molecule has 192 valence electrons. The van der Waals surface area contributed by atoms with E-state index in [1.807, 2.05) is 19.1 Å². The Hall–Kier alpha value is -2.79. The summed E-state index contributed by atoms with van der Waals surface area (Å²) in [6, 6.07) is 11.5. The fourth-order valence-electron chi connectivity index (χ4n) is 4.26. The Morgan fingerprint density at radius 2 is 1.86 bits per heavy atom. The summed E-state index contributed by atoms with van der Waals surface area (Å²) >= 11 is 3.52. The van der Waals surface area contributed by atoms with Crippen molar-refractivity contribution in [1.82, 2.24) is 9.55 Å². The highest BCUT2D eigenvalue weighted by Crippen LogP contribution is 2.42. The summed E-state index contributed by atoms with van der Waals surface area (Å²) in [5, 5.41) is 0.725. The molecule has 36 heavy (non-hydrogen) atoms. The number of halogens is 4. The first-order chi connectivity index (χ1) is 17.0. The first-order valence-electron chi connectivity index (χ1n) is 11.4. The highest BCUT2D eigenvalue weighted by Gasteiger charge is 2.46. The Morgan fingerprint density at radius 1 is 1.14 bits per heavy atom. The Labute approximate surface area is 215 Å². The van der Waals surface area contributed by atoms with Gasteiger partial charge < -0.3 is 8.98 Å². The van der Waals surface area contributed by atoms with Gasteiger partial charge in [0.2, 0.25) is 0 Å². The standard InChI is InChI=1S/C25H25BrF3N3O3S/c1-4-8-22-30-15(3)20(5-2)32(22)14-16-11-12-21-18(13-16)23(26)24(35-21)17-9-6-7-10-19(17)31-36(33,34)25(27,28)29/h6-7,9-13,31H,4-5,8,14H2,1-3H3. The number of sulfonamides is 1. The Balaban J connectivity index is 1.75. The van der Waals surface area contributed by atoms with E-state index in [-0.39, 0.29) is 17.0 Å². The van der Waals surface area contributed by atoms with Crippen LogP contribution in [-0.2, 0) is 29.4 Å². The molecule has 0 aliphatic rings. The summed E-state index contributed by atoms with van der Waals surface area (Å²) in [5.41, 5.74) is -1.78. The predicted molar refractivity (Wildman–Crippen MR) is 137 cm³/mol. The molecule has 2 aromatic carbocycles. The van der Waals surface area contributed by atoms with E-state index in [1.54, 1.807) is 16.9 Å². The van der Waals surface area contributed by atoms with Crippen molar-refractivity contribution < 1.29 is 26.0 Å². The van der Waals surface area contributed by atoms with Crippen LogP contribution in [0.3, 0.4) is 0 Å². The zero-order valence-corrected chi connectivity index (χ0v) is 22.3.